The summed E-state index contributed by atoms with van der Waals surface area (Å²) in [5, 5.41) is 21.5. The molecule has 0 fully saturated rings. The van der Waals surface area contributed by atoms with Gasteiger partial charge in [0.1, 0.15) is 0 Å². The summed E-state index contributed by atoms with van der Waals surface area (Å²) in [6, 6.07) is 1.56. The number of nitrogens with zero attached hydrogens (tertiary/aromatic N) is 2. The Kier molecular flexibility index (Phi) is 5.15. The average Bonchev–Trinajstić information content (AvgIpc) is 2.35. The highest BCUT2D eigenvalue weighted by molar-refractivity contribution is 6.75. The third-order valence-corrected chi connectivity index (χ3v) is 2.63. The normalized spacial score (nSPS) is 10.9. The molecule has 21 heavy (non-hydrogen) atoms. The van der Waals surface area contributed by atoms with Gasteiger partial charge in [0.15, 0.2) is 5.75 Å². The summed E-state index contributed by atoms with van der Waals surface area (Å²) in [6.45, 7) is 1.24. The van der Waals surface area contributed by atoms with Crippen molar-refractivity contribution in [3.63, 3.8) is 0 Å². The fourth-order valence-corrected chi connectivity index (χ4v) is 1.26. The lowest BCUT2D eigenvalue weighted by Crippen LogP contribution is -2.23. The number of rotatable bonds is 4. The minimum absolute atomic E-state index is 0.109. The van der Waals surface area contributed by atoms with Gasteiger partial charge in [-0.3, -0.25) is 25.1 Å². The number of nitro groups is 2. The van der Waals surface area contributed by atoms with Crippen molar-refractivity contribution in [3.05, 3.63) is 37.9 Å². The van der Waals surface area contributed by atoms with Crippen LogP contribution in [0.15, 0.2) is 12.1 Å². The van der Waals surface area contributed by atoms with Gasteiger partial charge in [0.25, 0.3) is 15.2 Å². The number of carbonyl (C=O) groups is 1. The van der Waals surface area contributed by atoms with E-state index in [4.69, 9.17) is 34.8 Å². The van der Waals surface area contributed by atoms with Gasteiger partial charge in [0, 0.05) is 0 Å². The van der Waals surface area contributed by atoms with Crippen molar-refractivity contribution < 1.29 is 24.4 Å². The zero-order valence-corrected chi connectivity index (χ0v) is 12.3. The van der Waals surface area contributed by atoms with Crippen LogP contribution >= 0.6 is 34.8 Å². The number of hydrogen-bond donors (Lipinski definition) is 0. The van der Waals surface area contributed by atoms with Crippen LogP contribution in [0.3, 0.4) is 0 Å². The molecule has 0 radical (unpaired) electrons. The van der Waals surface area contributed by atoms with Gasteiger partial charge in [-0.1, -0.05) is 34.8 Å². The molecule has 0 aromatic heterocycles. The molecule has 0 unspecified atom stereocenters. The van der Waals surface area contributed by atoms with E-state index >= 15 is 0 Å². The van der Waals surface area contributed by atoms with E-state index in [-0.39, 0.29) is 5.56 Å². The van der Waals surface area contributed by atoms with Gasteiger partial charge >= 0.3 is 5.97 Å². The highest BCUT2D eigenvalue weighted by atomic mass is 35.6. The summed E-state index contributed by atoms with van der Waals surface area (Å²) in [6.07, 6.45) is 0. The molecule has 0 N–H and O–H groups in total. The van der Waals surface area contributed by atoms with Crippen LogP contribution in [0.2, 0.25) is 0 Å². The van der Waals surface area contributed by atoms with Crippen LogP contribution in [0, 0.1) is 27.2 Å². The monoisotopic (exact) mass is 358 g/mol. The molecule has 9 nitrogen and oxygen atoms in total. The molecule has 0 aliphatic carbocycles. The van der Waals surface area contributed by atoms with Crippen molar-refractivity contribution in [2.24, 2.45) is 0 Å². The van der Waals surface area contributed by atoms with Gasteiger partial charge in [-0.05, 0) is 6.92 Å². The quantitative estimate of drug-likeness (QED) is 0.350. The van der Waals surface area contributed by atoms with Crippen LogP contribution in [0.1, 0.15) is 5.56 Å². The van der Waals surface area contributed by atoms with Crippen molar-refractivity contribution in [1.29, 1.82) is 0 Å². The topological polar surface area (TPSA) is 122 Å². The van der Waals surface area contributed by atoms with Crippen LogP contribution in [-0.4, -0.2) is 19.6 Å². The lowest BCUT2D eigenvalue weighted by Gasteiger charge is -2.10. The third kappa shape index (κ3) is 4.31. The summed E-state index contributed by atoms with van der Waals surface area (Å²) < 4.78 is -2.43. The Morgan fingerprint density at radius 3 is 2.19 bits per heavy atom. The lowest BCUT2D eigenvalue weighted by molar-refractivity contribution is -0.394. The first-order valence-corrected chi connectivity index (χ1v) is 6.06. The molecule has 0 atom stereocenters. The van der Waals surface area contributed by atoms with E-state index in [0.717, 1.165) is 12.1 Å². The first kappa shape index (κ1) is 17.2. The molecule has 114 valence electrons. The number of alkyl halides is 3. The van der Waals surface area contributed by atoms with E-state index in [0.29, 0.717) is 0 Å². The summed E-state index contributed by atoms with van der Waals surface area (Å²) >= 11 is 15.6. The molecule has 12 heteroatoms. The summed E-state index contributed by atoms with van der Waals surface area (Å²) in [5.74, 6) is -1.85. The zero-order valence-electron chi connectivity index (χ0n) is 10.0. The first-order valence-electron chi connectivity index (χ1n) is 4.93. The zero-order chi connectivity index (χ0) is 16.4. The molecule has 0 saturated carbocycles. The Bertz CT molecular complexity index is 614. The Morgan fingerprint density at radius 1 is 1.19 bits per heavy atom. The molecule has 0 aliphatic heterocycles. The molecule has 1 aromatic carbocycles. The van der Waals surface area contributed by atoms with Gasteiger partial charge in [-0.15, -0.1) is 0 Å². The smallest absolute Gasteiger partial charge is 0.286 e. The van der Waals surface area contributed by atoms with Crippen molar-refractivity contribution >= 4 is 52.1 Å². The largest absolute Gasteiger partial charge is 0.406 e. The molecular weight excluding hydrogens is 354 g/mol. The van der Waals surface area contributed by atoms with Crippen molar-refractivity contribution in [3.8, 4) is 5.75 Å². The van der Waals surface area contributed by atoms with E-state index < -0.39 is 36.7 Å². The van der Waals surface area contributed by atoms with Gasteiger partial charge in [0.05, 0.1) is 27.5 Å². The standard InChI is InChI=1S/C9H5Cl3N2O7/c1-4-6(14(18)19)2-5(13(16)17)3-7(4)20-21-8(15)9(10,11)12/h2-3H,1H3. The fourth-order valence-electron chi connectivity index (χ4n) is 1.17. The number of hydrogen-bond acceptors (Lipinski definition) is 7. The Balaban J connectivity index is 3.14. The van der Waals surface area contributed by atoms with E-state index in [1.54, 1.807) is 0 Å². The van der Waals surface area contributed by atoms with Gasteiger partial charge < -0.3 is 0 Å². The highest BCUT2D eigenvalue weighted by Gasteiger charge is 2.35. The fraction of sp³-hybridized carbons (Fsp3) is 0.222. The Morgan fingerprint density at radius 2 is 1.76 bits per heavy atom. The second-order valence-corrected chi connectivity index (χ2v) is 5.84. The molecular formula is C9H5Cl3N2O7. The molecule has 0 amide bonds. The van der Waals surface area contributed by atoms with Gasteiger partial charge in [-0.2, -0.15) is 0 Å². The van der Waals surface area contributed by atoms with Gasteiger partial charge in [-0.25, -0.2) is 9.68 Å². The van der Waals surface area contributed by atoms with E-state index in [2.05, 4.69) is 9.78 Å². The molecule has 0 bridgehead atoms. The van der Waals surface area contributed by atoms with Crippen LogP contribution in [0.4, 0.5) is 11.4 Å². The molecule has 0 heterocycles. The maximum absolute atomic E-state index is 11.2. The van der Waals surface area contributed by atoms with Crippen LogP contribution in [-0.2, 0) is 9.68 Å². The third-order valence-electron chi connectivity index (χ3n) is 2.16. The van der Waals surface area contributed by atoms with Crippen molar-refractivity contribution in [2.75, 3.05) is 0 Å². The maximum atomic E-state index is 11.2. The Labute approximate surface area is 131 Å². The molecule has 0 spiro atoms. The summed E-state index contributed by atoms with van der Waals surface area (Å²) in [5.41, 5.74) is -1.33. The molecule has 0 aliphatic rings. The van der Waals surface area contributed by atoms with Crippen LogP contribution in [0.5, 0.6) is 5.75 Å². The molecule has 0 saturated heterocycles. The first-order chi connectivity index (χ1) is 9.54. The maximum Gasteiger partial charge on any atom is 0.406 e. The van der Waals surface area contributed by atoms with E-state index in [1.807, 2.05) is 0 Å². The van der Waals surface area contributed by atoms with E-state index in [1.165, 1.54) is 6.92 Å². The van der Waals surface area contributed by atoms with Crippen LogP contribution in [0.25, 0.3) is 0 Å². The minimum atomic E-state index is -2.43. The van der Waals surface area contributed by atoms with Gasteiger partial charge in [0.2, 0.25) is 0 Å². The predicted octanol–water partition coefficient (Wildman–Crippen LogP) is 3.02. The number of non-ortho nitro benzene ring substituents is 1. The molecule has 1 aromatic rings. The van der Waals surface area contributed by atoms with Crippen LogP contribution < -0.4 is 4.89 Å². The number of carbonyl (C=O) groups excluding carboxylic acids is 1. The minimum Gasteiger partial charge on any atom is -0.286 e. The number of nitro benzene ring substituents is 2. The SMILES string of the molecule is Cc1c(OOC(=O)C(Cl)(Cl)Cl)cc([N+](=O)[O-])cc1[N+](=O)[O-]. The van der Waals surface area contributed by atoms with Crippen molar-refractivity contribution in [2.45, 2.75) is 10.7 Å². The molecule has 1 rings (SSSR count). The number of halogens is 3. The second-order valence-electron chi connectivity index (χ2n) is 3.55. The predicted molar refractivity (Wildman–Crippen MR) is 71.5 cm³/mol. The Hall–Kier alpha value is -1.84. The summed E-state index contributed by atoms with van der Waals surface area (Å²) in [7, 11) is 0. The summed E-state index contributed by atoms with van der Waals surface area (Å²) in [4.78, 5) is 39.6. The average molecular weight is 360 g/mol. The van der Waals surface area contributed by atoms with E-state index in [9.17, 15) is 25.0 Å². The lowest BCUT2D eigenvalue weighted by atomic mass is 10.1. The van der Waals surface area contributed by atoms with Crippen molar-refractivity contribution in [1.82, 2.24) is 0 Å². The number of benzene rings is 1. The highest BCUT2D eigenvalue weighted by Crippen LogP contribution is 2.34. The second kappa shape index (κ2) is 6.29.